The van der Waals surface area contributed by atoms with Gasteiger partial charge in [-0.15, -0.1) is 0 Å². The maximum atomic E-state index is 5.83. The van der Waals surface area contributed by atoms with Gasteiger partial charge in [0.1, 0.15) is 16.3 Å². The van der Waals surface area contributed by atoms with Crippen LogP contribution in [0.25, 0.3) is 0 Å². The molecule has 1 spiro atoms. The molecule has 1 fully saturated rings. The average Bonchev–Trinajstić information content (AvgIpc) is 2.77. The van der Waals surface area contributed by atoms with Crippen LogP contribution in [0.3, 0.4) is 0 Å². The molecule has 3 rings (SSSR count). The Kier molecular flexibility index (Phi) is 3.50. The normalized spacial score (nSPS) is 30.0. The molecular weight excluding hydrogens is 310 g/mol. The van der Waals surface area contributed by atoms with Crippen molar-refractivity contribution in [2.75, 3.05) is 13.7 Å². The number of hydrogen-bond acceptors (Lipinski definition) is 4. The first-order valence-corrected chi connectivity index (χ1v) is 7.35. The summed E-state index contributed by atoms with van der Waals surface area (Å²) in [6.45, 7) is 0.730. The lowest BCUT2D eigenvalue weighted by atomic mass is 9.97. The Morgan fingerprint density at radius 1 is 1.32 bits per heavy atom. The molecule has 0 aliphatic carbocycles. The van der Waals surface area contributed by atoms with E-state index in [0.717, 1.165) is 42.9 Å². The molecule has 0 aromatic heterocycles. The average molecular weight is 326 g/mol. The fraction of sp³-hybridized carbons (Fsp3) is 0.500. The van der Waals surface area contributed by atoms with E-state index in [1.165, 1.54) is 0 Å². The van der Waals surface area contributed by atoms with E-state index >= 15 is 0 Å². The van der Waals surface area contributed by atoms with Gasteiger partial charge in [-0.3, -0.25) is 0 Å². The Morgan fingerprint density at radius 3 is 2.74 bits per heavy atom. The first-order valence-electron chi connectivity index (χ1n) is 6.44. The number of rotatable bonds is 2. The van der Waals surface area contributed by atoms with Crippen LogP contribution in [0.1, 0.15) is 24.8 Å². The molecule has 0 unspecified atom stereocenters. The van der Waals surface area contributed by atoms with Crippen LogP contribution in [0.2, 0.25) is 0 Å². The van der Waals surface area contributed by atoms with E-state index in [-0.39, 0.29) is 4.83 Å². The van der Waals surface area contributed by atoms with Crippen molar-refractivity contribution < 1.29 is 14.3 Å². The summed E-state index contributed by atoms with van der Waals surface area (Å²) in [5.74, 6) is 0.214. The summed E-state index contributed by atoms with van der Waals surface area (Å²) in [7, 11) is 1.66. The van der Waals surface area contributed by atoms with Crippen LogP contribution in [0.4, 0.5) is 0 Å². The Hall–Kier alpha value is -1.07. The Labute approximate surface area is 120 Å². The van der Waals surface area contributed by atoms with Crippen molar-refractivity contribution in [2.24, 2.45) is 5.16 Å². The third kappa shape index (κ3) is 2.25. The molecule has 2 atom stereocenters. The predicted molar refractivity (Wildman–Crippen MR) is 75.9 cm³/mol. The summed E-state index contributed by atoms with van der Waals surface area (Å²) < 4.78 is 11.0. The molecule has 0 saturated carbocycles. The minimum absolute atomic E-state index is 0.0336. The van der Waals surface area contributed by atoms with Gasteiger partial charge >= 0.3 is 0 Å². The van der Waals surface area contributed by atoms with Crippen molar-refractivity contribution in [3.05, 3.63) is 29.8 Å². The van der Waals surface area contributed by atoms with Gasteiger partial charge in [0.2, 0.25) is 0 Å². The summed E-state index contributed by atoms with van der Waals surface area (Å²) in [5, 5.41) is 4.22. The van der Waals surface area contributed by atoms with Crippen molar-refractivity contribution in [1.29, 1.82) is 0 Å². The van der Waals surface area contributed by atoms with Crippen LogP contribution in [-0.4, -0.2) is 30.0 Å². The van der Waals surface area contributed by atoms with E-state index in [4.69, 9.17) is 14.3 Å². The highest BCUT2D eigenvalue weighted by molar-refractivity contribution is 9.10. The maximum absolute atomic E-state index is 5.83. The van der Waals surface area contributed by atoms with Gasteiger partial charge in [-0.25, -0.2) is 0 Å². The Balaban J connectivity index is 1.82. The minimum atomic E-state index is -0.618. The predicted octanol–water partition coefficient (Wildman–Crippen LogP) is 3.09. The zero-order valence-electron chi connectivity index (χ0n) is 10.8. The molecule has 2 heterocycles. The van der Waals surface area contributed by atoms with Crippen LogP contribution >= 0.6 is 15.9 Å². The maximum Gasteiger partial charge on any atom is 0.255 e. The summed E-state index contributed by atoms with van der Waals surface area (Å²) >= 11 is 3.68. The van der Waals surface area contributed by atoms with Crippen molar-refractivity contribution in [2.45, 2.75) is 29.9 Å². The first-order chi connectivity index (χ1) is 9.25. The third-order valence-corrected chi connectivity index (χ3v) is 4.71. The highest BCUT2D eigenvalue weighted by Crippen LogP contribution is 2.40. The molecule has 19 heavy (non-hydrogen) atoms. The van der Waals surface area contributed by atoms with Crippen LogP contribution < -0.4 is 4.74 Å². The number of nitrogens with zero attached hydrogens (tertiary/aromatic N) is 1. The van der Waals surface area contributed by atoms with E-state index < -0.39 is 5.79 Å². The second-order valence-electron chi connectivity index (χ2n) is 4.78. The number of alkyl halides is 1. The fourth-order valence-corrected chi connectivity index (χ4v) is 3.24. The molecule has 0 N–H and O–H groups in total. The monoisotopic (exact) mass is 325 g/mol. The van der Waals surface area contributed by atoms with Gasteiger partial charge in [-0.05, 0) is 37.1 Å². The zero-order valence-corrected chi connectivity index (χ0v) is 12.4. The van der Waals surface area contributed by atoms with Crippen LogP contribution in [0.15, 0.2) is 29.4 Å². The molecule has 0 bridgehead atoms. The van der Waals surface area contributed by atoms with Gasteiger partial charge in [0.25, 0.3) is 5.79 Å². The van der Waals surface area contributed by atoms with Gasteiger partial charge in [0.15, 0.2) is 0 Å². The summed E-state index contributed by atoms with van der Waals surface area (Å²) in [6, 6.07) is 7.81. The lowest BCUT2D eigenvalue weighted by Crippen LogP contribution is -2.45. The molecule has 102 valence electrons. The third-order valence-electron chi connectivity index (χ3n) is 3.58. The molecule has 2 aliphatic rings. The summed E-state index contributed by atoms with van der Waals surface area (Å²) in [4.78, 5) is 5.57. The largest absolute Gasteiger partial charge is 0.497 e. The topological polar surface area (TPSA) is 40.0 Å². The quantitative estimate of drug-likeness (QED) is 0.784. The molecule has 0 radical (unpaired) electrons. The number of oxime groups is 1. The van der Waals surface area contributed by atoms with E-state index in [1.54, 1.807) is 7.11 Å². The van der Waals surface area contributed by atoms with Crippen LogP contribution in [-0.2, 0) is 9.57 Å². The second kappa shape index (κ2) is 5.13. The van der Waals surface area contributed by atoms with E-state index in [2.05, 4.69) is 21.1 Å². The number of halogens is 1. The second-order valence-corrected chi connectivity index (χ2v) is 5.69. The molecular formula is C14H16BrNO3. The molecule has 2 aliphatic heterocycles. The van der Waals surface area contributed by atoms with Crippen LogP contribution in [0, 0.1) is 0 Å². The van der Waals surface area contributed by atoms with E-state index in [0.29, 0.717) is 0 Å². The zero-order chi connectivity index (χ0) is 13.3. The Bertz CT molecular complexity index is 480. The van der Waals surface area contributed by atoms with Crippen LogP contribution in [0.5, 0.6) is 5.75 Å². The van der Waals surface area contributed by atoms with E-state index in [9.17, 15) is 0 Å². The van der Waals surface area contributed by atoms with Crippen molar-refractivity contribution >= 4 is 21.6 Å². The number of methoxy groups -OCH3 is 1. The molecule has 5 heteroatoms. The summed E-state index contributed by atoms with van der Waals surface area (Å²) in [6.07, 6.45) is 3.06. The summed E-state index contributed by atoms with van der Waals surface area (Å²) in [5.41, 5.74) is 1.90. The fourth-order valence-electron chi connectivity index (χ4n) is 2.45. The lowest BCUT2D eigenvalue weighted by molar-refractivity contribution is -0.236. The van der Waals surface area contributed by atoms with Gasteiger partial charge < -0.3 is 14.3 Å². The van der Waals surface area contributed by atoms with Gasteiger partial charge in [-0.1, -0.05) is 21.1 Å². The van der Waals surface area contributed by atoms with Crippen molar-refractivity contribution in [1.82, 2.24) is 0 Å². The standard InChI is InChI=1S/C14H16BrNO3/c1-17-11-6-4-10(5-7-11)12-13(15)14(19-16-12)8-2-3-9-18-14/h4-7,13H,2-3,8-9H2,1H3/t13-,14-/m0/s1. The molecule has 4 nitrogen and oxygen atoms in total. The highest BCUT2D eigenvalue weighted by atomic mass is 79.9. The molecule has 1 saturated heterocycles. The smallest absolute Gasteiger partial charge is 0.255 e. The van der Waals surface area contributed by atoms with Gasteiger partial charge in [0, 0.05) is 12.0 Å². The molecule has 1 aromatic carbocycles. The number of ether oxygens (including phenoxy) is 2. The molecule has 1 aromatic rings. The number of benzene rings is 1. The highest BCUT2D eigenvalue weighted by Gasteiger charge is 2.50. The first kappa shape index (κ1) is 12.9. The SMILES string of the molecule is COc1ccc(C2=NO[C@@]3(CCCCO3)[C@H]2Br)cc1. The van der Waals surface area contributed by atoms with Crippen molar-refractivity contribution in [3.63, 3.8) is 0 Å². The minimum Gasteiger partial charge on any atom is -0.497 e. The van der Waals surface area contributed by atoms with Crippen molar-refractivity contribution in [3.8, 4) is 5.75 Å². The number of hydrogen-bond donors (Lipinski definition) is 0. The van der Waals surface area contributed by atoms with Gasteiger partial charge in [-0.2, -0.15) is 0 Å². The van der Waals surface area contributed by atoms with Gasteiger partial charge in [0.05, 0.1) is 13.7 Å². The van der Waals surface area contributed by atoms with E-state index in [1.807, 2.05) is 24.3 Å². The molecule has 0 amide bonds. The lowest BCUT2D eigenvalue weighted by Gasteiger charge is -2.33. The Morgan fingerprint density at radius 2 is 2.11 bits per heavy atom.